The van der Waals surface area contributed by atoms with Crippen LogP contribution in [-0.4, -0.2) is 23.3 Å². The lowest BCUT2D eigenvalue weighted by Crippen LogP contribution is -2.24. The molecule has 0 saturated carbocycles. The molecule has 0 aliphatic rings. The lowest BCUT2D eigenvalue weighted by atomic mass is 10.2. The number of carbonyl (C=O) groups is 1. The maximum atomic E-state index is 11.6. The first-order valence-corrected chi connectivity index (χ1v) is 5.11. The standard InChI is InChI=1S/C10H11ClN2O3/c11-6-1-7-12-10(14)8-2-4-9(5-3-8)13(15)16/h2-5H,1,6-7H2,(H,12,14)/i2D,4D. The smallest absolute Gasteiger partial charge is 0.269 e. The van der Waals surface area contributed by atoms with E-state index in [1.165, 1.54) is 6.07 Å². The summed E-state index contributed by atoms with van der Waals surface area (Å²) < 4.78 is 15.0. The largest absolute Gasteiger partial charge is 0.352 e. The van der Waals surface area contributed by atoms with Gasteiger partial charge < -0.3 is 5.32 Å². The van der Waals surface area contributed by atoms with E-state index in [0.717, 1.165) is 6.07 Å². The first-order valence-electron chi connectivity index (χ1n) is 5.57. The third-order valence-electron chi connectivity index (χ3n) is 1.77. The number of benzene rings is 1. The van der Waals surface area contributed by atoms with Crippen LogP contribution in [0.5, 0.6) is 0 Å². The van der Waals surface area contributed by atoms with E-state index >= 15 is 0 Å². The minimum Gasteiger partial charge on any atom is -0.352 e. The fraction of sp³-hybridized carbons (Fsp3) is 0.300. The van der Waals surface area contributed by atoms with Gasteiger partial charge in [-0.05, 0) is 18.5 Å². The molecule has 1 aromatic rings. The predicted molar refractivity (Wildman–Crippen MR) is 60.8 cm³/mol. The van der Waals surface area contributed by atoms with Crippen LogP contribution in [-0.2, 0) is 0 Å². The SMILES string of the molecule is [2H]c1c(C(=O)NCCCCl)ccc([N+](=O)[O-])c1[2H]. The summed E-state index contributed by atoms with van der Waals surface area (Å²) in [6.45, 7) is 0.353. The normalized spacial score (nSPS) is 11.6. The average molecular weight is 245 g/mol. The maximum Gasteiger partial charge on any atom is 0.269 e. The highest BCUT2D eigenvalue weighted by atomic mass is 35.5. The second-order valence-electron chi connectivity index (χ2n) is 2.94. The van der Waals surface area contributed by atoms with E-state index in [0.29, 0.717) is 18.8 Å². The van der Waals surface area contributed by atoms with Crippen molar-refractivity contribution < 1.29 is 12.5 Å². The summed E-state index contributed by atoms with van der Waals surface area (Å²) in [5, 5.41) is 13.1. The number of nitro groups is 1. The molecule has 16 heavy (non-hydrogen) atoms. The zero-order chi connectivity index (χ0) is 13.7. The van der Waals surface area contributed by atoms with Crippen LogP contribution in [0.2, 0.25) is 0 Å². The van der Waals surface area contributed by atoms with Gasteiger partial charge in [0.25, 0.3) is 11.6 Å². The Hall–Kier alpha value is -1.62. The van der Waals surface area contributed by atoms with E-state index in [2.05, 4.69) is 5.32 Å². The fourth-order valence-corrected chi connectivity index (χ4v) is 1.11. The summed E-state index contributed by atoms with van der Waals surface area (Å²) in [6.07, 6.45) is 0.585. The van der Waals surface area contributed by atoms with Crippen molar-refractivity contribution in [3.8, 4) is 0 Å². The Morgan fingerprint density at radius 1 is 1.56 bits per heavy atom. The molecule has 1 N–H and O–H groups in total. The number of nitrogens with one attached hydrogen (secondary N) is 1. The molecule has 86 valence electrons. The van der Waals surface area contributed by atoms with Crippen LogP contribution in [0, 0.1) is 10.1 Å². The number of alkyl halides is 1. The van der Waals surface area contributed by atoms with Crippen molar-refractivity contribution in [3.63, 3.8) is 0 Å². The number of amides is 1. The summed E-state index contributed by atoms with van der Waals surface area (Å²) in [5.41, 5.74) is -0.544. The number of rotatable bonds is 5. The van der Waals surface area contributed by atoms with Crippen molar-refractivity contribution in [1.29, 1.82) is 0 Å². The third-order valence-corrected chi connectivity index (χ3v) is 2.04. The number of carbonyl (C=O) groups excluding carboxylic acids is 1. The number of halogens is 1. The zero-order valence-corrected chi connectivity index (χ0v) is 9.08. The van der Waals surface area contributed by atoms with Gasteiger partial charge in [0.05, 0.1) is 7.66 Å². The van der Waals surface area contributed by atoms with Gasteiger partial charge >= 0.3 is 0 Å². The molecule has 0 unspecified atom stereocenters. The molecule has 0 radical (unpaired) electrons. The Balaban J connectivity index is 2.94. The van der Waals surface area contributed by atoms with Crippen LogP contribution in [0.4, 0.5) is 5.69 Å². The van der Waals surface area contributed by atoms with Gasteiger partial charge in [-0.1, -0.05) is 0 Å². The molecule has 6 heteroatoms. The predicted octanol–water partition coefficient (Wildman–Crippen LogP) is 1.95. The molecule has 0 aliphatic carbocycles. The first kappa shape index (κ1) is 9.59. The van der Waals surface area contributed by atoms with Gasteiger partial charge in [-0.2, -0.15) is 0 Å². The van der Waals surface area contributed by atoms with Crippen LogP contribution in [0.25, 0.3) is 0 Å². The number of nitrogens with zero attached hydrogens (tertiary/aromatic N) is 1. The highest BCUT2D eigenvalue weighted by molar-refractivity contribution is 6.17. The quantitative estimate of drug-likeness (QED) is 0.372. The molecule has 1 rings (SSSR count). The molecule has 0 heterocycles. The molecule has 0 aliphatic heterocycles. The van der Waals surface area contributed by atoms with E-state index in [1.54, 1.807) is 0 Å². The molecule has 0 fully saturated rings. The Bertz CT molecular complexity index is 482. The Labute approximate surface area is 100 Å². The maximum absolute atomic E-state index is 11.6. The Morgan fingerprint density at radius 3 is 2.94 bits per heavy atom. The van der Waals surface area contributed by atoms with Crippen molar-refractivity contribution in [2.45, 2.75) is 6.42 Å². The third kappa shape index (κ3) is 3.51. The Kier molecular flexibility index (Phi) is 3.64. The second-order valence-corrected chi connectivity index (χ2v) is 3.32. The van der Waals surface area contributed by atoms with Gasteiger partial charge in [0, 0.05) is 30.1 Å². The molecule has 1 aromatic carbocycles. The zero-order valence-electron chi connectivity index (χ0n) is 10.3. The van der Waals surface area contributed by atoms with Gasteiger partial charge in [0.15, 0.2) is 0 Å². The molecular formula is C10H11ClN2O3. The van der Waals surface area contributed by atoms with Crippen molar-refractivity contribution in [2.24, 2.45) is 0 Å². The van der Waals surface area contributed by atoms with E-state index < -0.39 is 28.6 Å². The molecule has 0 saturated heterocycles. The van der Waals surface area contributed by atoms with Crippen molar-refractivity contribution in [2.75, 3.05) is 12.4 Å². The monoisotopic (exact) mass is 244 g/mol. The lowest BCUT2D eigenvalue weighted by Gasteiger charge is -2.03. The minimum absolute atomic E-state index is 0.0554. The fourth-order valence-electron chi connectivity index (χ4n) is 0.980. The van der Waals surface area contributed by atoms with Crippen molar-refractivity contribution >= 4 is 23.2 Å². The number of nitro benzene ring substituents is 1. The summed E-state index contributed by atoms with van der Waals surface area (Å²) in [7, 11) is 0. The van der Waals surface area contributed by atoms with Gasteiger partial charge in [0.1, 0.15) is 0 Å². The van der Waals surface area contributed by atoms with E-state index in [4.69, 9.17) is 14.3 Å². The highest BCUT2D eigenvalue weighted by Gasteiger charge is 2.08. The van der Waals surface area contributed by atoms with Crippen molar-refractivity contribution in [3.05, 3.63) is 39.9 Å². The lowest BCUT2D eigenvalue weighted by molar-refractivity contribution is -0.384. The molecule has 0 bridgehead atoms. The number of hydrogen-bond donors (Lipinski definition) is 1. The molecular weight excluding hydrogens is 232 g/mol. The Morgan fingerprint density at radius 2 is 2.31 bits per heavy atom. The second kappa shape index (κ2) is 6.07. The van der Waals surface area contributed by atoms with Crippen LogP contribution in [0.15, 0.2) is 24.2 Å². The minimum atomic E-state index is -0.754. The summed E-state index contributed by atoms with van der Waals surface area (Å²) in [4.78, 5) is 21.4. The molecule has 1 amide bonds. The summed E-state index contributed by atoms with van der Waals surface area (Å²) in [6, 6.07) is 1.21. The van der Waals surface area contributed by atoms with Gasteiger partial charge in [-0.25, -0.2) is 0 Å². The summed E-state index contributed by atoms with van der Waals surface area (Å²) in [5.74, 6) is -0.133. The highest BCUT2D eigenvalue weighted by Crippen LogP contribution is 2.11. The van der Waals surface area contributed by atoms with Crippen LogP contribution < -0.4 is 5.32 Å². The molecule has 0 atom stereocenters. The van der Waals surface area contributed by atoms with Gasteiger partial charge in [-0.3, -0.25) is 14.9 Å². The van der Waals surface area contributed by atoms with E-state index in [1.807, 2.05) is 0 Å². The first-order chi connectivity index (χ1) is 8.49. The van der Waals surface area contributed by atoms with Crippen LogP contribution in [0.1, 0.15) is 19.5 Å². The van der Waals surface area contributed by atoms with Gasteiger partial charge in [0.2, 0.25) is 0 Å². The van der Waals surface area contributed by atoms with Crippen LogP contribution in [0.3, 0.4) is 0 Å². The van der Waals surface area contributed by atoms with Gasteiger partial charge in [-0.15, -0.1) is 11.6 Å². The molecule has 0 spiro atoms. The molecule has 5 nitrogen and oxygen atoms in total. The van der Waals surface area contributed by atoms with Crippen LogP contribution >= 0.6 is 11.6 Å². The average Bonchev–Trinajstić information content (AvgIpc) is 2.32. The van der Waals surface area contributed by atoms with Crippen molar-refractivity contribution in [1.82, 2.24) is 5.32 Å². The number of hydrogen-bond acceptors (Lipinski definition) is 3. The van der Waals surface area contributed by atoms with E-state index in [9.17, 15) is 14.9 Å². The molecule has 0 aromatic heterocycles. The van der Waals surface area contributed by atoms with E-state index in [-0.39, 0.29) is 5.56 Å². The summed E-state index contributed by atoms with van der Waals surface area (Å²) >= 11 is 5.45. The topological polar surface area (TPSA) is 72.2 Å².